The summed E-state index contributed by atoms with van der Waals surface area (Å²) in [6, 6.07) is 0. The molecule has 0 aromatic carbocycles. The van der Waals surface area contributed by atoms with Gasteiger partial charge in [-0.2, -0.15) is 0 Å². The number of hydrogen-bond donors (Lipinski definition) is 2. The van der Waals surface area contributed by atoms with Gasteiger partial charge >= 0.3 is 0 Å². The number of nitrogens with one attached hydrogen (secondary N) is 2. The first-order chi connectivity index (χ1) is 9.20. The van der Waals surface area contributed by atoms with E-state index in [0.717, 1.165) is 36.2 Å². The molecule has 0 amide bonds. The summed E-state index contributed by atoms with van der Waals surface area (Å²) in [5.74, 6) is 2.55. The summed E-state index contributed by atoms with van der Waals surface area (Å²) in [7, 11) is 1.88. The monoisotopic (exact) mass is 264 g/mol. The van der Waals surface area contributed by atoms with Gasteiger partial charge in [0.05, 0.1) is 12.7 Å². The van der Waals surface area contributed by atoms with Crippen molar-refractivity contribution in [3.05, 3.63) is 11.4 Å². The molecular formula is C14H24N4O. The third-order valence-corrected chi connectivity index (χ3v) is 3.54. The molecule has 2 N–H and O–H groups in total. The number of aryl methyl sites for hydroxylation is 1. The first-order valence-corrected chi connectivity index (χ1v) is 7.09. The lowest BCUT2D eigenvalue weighted by atomic mass is 10.3. The van der Waals surface area contributed by atoms with Crippen LogP contribution in [0.1, 0.15) is 37.1 Å². The van der Waals surface area contributed by atoms with Crippen LogP contribution in [0.25, 0.3) is 0 Å². The summed E-state index contributed by atoms with van der Waals surface area (Å²) >= 11 is 0. The summed E-state index contributed by atoms with van der Waals surface area (Å²) in [4.78, 5) is 8.78. The number of rotatable bonds is 6. The second-order valence-electron chi connectivity index (χ2n) is 5.05. The molecule has 0 unspecified atom stereocenters. The van der Waals surface area contributed by atoms with Crippen LogP contribution in [0.4, 0.5) is 11.6 Å². The van der Waals surface area contributed by atoms with Crippen molar-refractivity contribution < 1.29 is 4.74 Å². The Labute approximate surface area is 115 Å². The van der Waals surface area contributed by atoms with Crippen molar-refractivity contribution in [3.8, 4) is 0 Å². The number of hydrogen-bond acceptors (Lipinski definition) is 5. The predicted octanol–water partition coefficient (Wildman–Crippen LogP) is 2.51. The lowest BCUT2D eigenvalue weighted by Gasteiger charge is -2.14. The number of anilines is 2. The van der Waals surface area contributed by atoms with Crippen LogP contribution >= 0.6 is 0 Å². The topological polar surface area (TPSA) is 59.1 Å². The van der Waals surface area contributed by atoms with Crippen molar-refractivity contribution >= 4 is 11.6 Å². The van der Waals surface area contributed by atoms with Gasteiger partial charge in [-0.25, -0.2) is 9.97 Å². The molecule has 0 radical (unpaired) electrons. The minimum Gasteiger partial charge on any atom is -0.376 e. The normalized spacial score (nSPS) is 15.7. The lowest BCUT2D eigenvalue weighted by molar-refractivity contribution is 0.0658. The molecular weight excluding hydrogens is 240 g/mol. The molecule has 5 heteroatoms. The molecule has 1 saturated carbocycles. The quantitative estimate of drug-likeness (QED) is 0.773. The van der Waals surface area contributed by atoms with E-state index in [-0.39, 0.29) is 0 Å². The summed E-state index contributed by atoms with van der Waals surface area (Å²) in [6.45, 7) is 5.45. The molecule has 1 aliphatic rings. The second kappa shape index (κ2) is 6.70. The fraction of sp³-hybridized carbons (Fsp3) is 0.714. The highest BCUT2D eigenvalue weighted by atomic mass is 16.5. The zero-order valence-corrected chi connectivity index (χ0v) is 12.1. The minimum absolute atomic E-state index is 0.475. The second-order valence-corrected chi connectivity index (χ2v) is 5.05. The third kappa shape index (κ3) is 3.80. The molecule has 19 heavy (non-hydrogen) atoms. The maximum absolute atomic E-state index is 5.83. The summed E-state index contributed by atoms with van der Waals surface area (Å²) in [6.07, 6.45) is 5.54. The molecule has 0 atom stereocenters. The first-order valence-electron chi connectivity index (χ1n) is 7.09. The average Bonchev–Trinajstić information content (AvgIpc) is 2.91. The fourth-order valence-electron chi connectivity index (χ4n) is 2.49. The minimum atomic E-state index is 0.475. The van der Waals surface area contributed by atoms with Crippen molar-refractivity contribution in [2.24, 2.45) is 0 Å². The van der Waals surface area contributed by atoms with Crippen LogP contribution in [0, 0.1) is 13.8 Å². The Morgan fingerprint density at radius 3 is 2.53 bits per heavy atom. The maximum atomic E-state index is 5.83. The van der Waals surface area contributed by atoms with Gasteiger partial charge in [-0.1, -0.05) is 12.8 Å². The van der Waals surface area contributed by atoms with Crippen molar-refractivity contribution in [2.75, 3.05) is 30.8 Å². The van der Waals surface area contributed by atoms with E-state index in [1.807, 2.05) is 20.9 Å². The Kier molecular flexibility index (Phi) is 4.96. The predicted molar refractivity (Wildman–Crippen MR) is 77.8 cm³/mol. The van der Waals surface area contributed by atoms with E-state index in [1.165, 1.54) is 25.7 Å². The molecule has 106 valence electrons. The van der Waals surface area contributed by atoms with Crippen LogP contribution < -0.4 is 10.6 Å². The van der Waals surface area contributed by atoms with E-state index in [9.17, 15) is 0 Å². The molecule has 5 nitrogen and oxygen atoms in total. The molecule has 0 bridgehead atoms. The highest BCUT2D eigenvalue weighted by Crippen LogP contribution is 2.21. The van der Waals surface area contributed by atoms with Crippen LogP contribution in [0.15, 0.2) is 0 Å². The Bertz CT molecular complexity index is 416. The van der Waals surface area contributed by atoms with Crippen LogP contribution in [-0.2, 0) is 4.74 Å². The zero-order valence-electron chi connectivity index (χ0n) is 12.1. The van der Waals surface area contributed by atoms with Crippen molar-refractivity contribution in [1.29, 1.82) is 0 Å². The van der Waals surface area contributed by atoms with Gasteiger partial charge in [-0.15, -0.1) is 0 Å². The van der Waals surface area contributed by atoms with Gasteiger partial charge in [-0.3, -0.25) is 0 Å². The Morgan fingerprint density at radius 2 is 1.84 bits per heavy atom. The zero-order chi connectivity index (χ0) is 13.7. The van der Waals surface area contributed by atoms with Gasteiger partial charge in [0.15, 0.2) is 0 Å². The van der Waals surface area contributed by atoms with Crippen molar-refractivity contribution in [2.45, 2.75) is 45.6 Å². The van der Waals surface area contributed by atoms with E-state index in [0.29, 0.717) is 6.10 Å². The van der Waals surface area contributed by atoms with Gasteiger partial charge in [0.25, 0.3) is 0 Å². The van der Waals surface area contributed by atoms with E-state index in [4.69, 9.17) is 4.74 Å². The Morgan fingerprint density at radius 1 is 1.16 bits per heavy atom. The fourth-order valence-corrected chi connectivity index (χ4v) is 2.49. The average molecular weight is 264 g/mol. The van der Waals surface area contributed by atoms with Crippen LogP contribution in [0.2, 0.25) is 0 Å². The van der Waals surface area contributed by atoms with E-state index in [1.54, 1.807) is 0 Å². The molecule has 1 fully saturated rings. The highest BCUT2D eigenvalue weighted by Gasteiger charge is 2.15. The van der Waals surface area contributed by atoms with E-state index < -0.39 is 0 Å². The molecule has 1 aromatic rings. The number of nitrogens with zero attached hydrogens (tertiary/aromatic N) is 2. The molecule has 1 heterocycles. The summed E-state index contributed by atoms with van der Waals surface area (Å²) < 4.78 is 5.83. The van der Waals surface area contributed by atoms with Crippen LogP contribution in [0.5, 0.6) is 0 Å². The van der Waals surface area contributed by atoms with Gasteiger partial charge < -0.3 is 15.4 Å². The Balaban J connectivity index is 1.83. The van der Waals surface area contributed by atoms with E-state index in [2.05, 4.69) is 20.6 Å². The molecule has 1 aliphatic carbocycles. The Hall–Kier alpha value is -1.36. The molecule has 0 aliphatic heterocycles. The van der Waals surface area contributed by atoms with Gasteiger partial charge in [0.2, 0.25) is 0 Å². The lowest BCUT2D eigenvalue weighted by Crippen LogP contribution is -2.17. The number of ether oxygens (including phenoxy) is 1. The molecule has 1 aromatic heterocycles. The van der Waals surface area contributed by atoms with Crippen LogP contribution in [-0.4, -0.2) is 36.3 Å². The largest absolute Gasteiger partial charge is 0.376 e. The molecule has 0 spiro atoms. The SMILES string of the molecule is CNc1nc(C)nc(NCCOC2CCCC2)c1C. The highest BCUT2D eigenvalue weighted by molar-refractivity contribution is 5.56. The molecule has 0 saturated heterocycles. The van der Waals surface area contributed by atoms with Crippen molar-refractivity contribution in [3.63, 3.8) is 0 Å². The van der Waals surface area contributed by atoms with Gasteiger partial charge in [-0.05, 0) is 26.7 Å². The maximum Gasteiger partial charge on any atom is 0.134 e. The van der Waals surface area contributed by atoms with E-state index >= 15 is 0 Å². The smallest absolute Gasteiger partial charge is 0.134 e. The summed E-state index contributed by atoms with van der Waals surface area (Å²) in [5, 5.41) is 6.43. The first kappa shape index (κ1) is 14.1. The summed E-state index contributed by atoms with van der Waals surface area (Å²) in [5.41, 5.74) is 1.05. The van der Waals surface area contributed by atoms with Crippen molar-refractivity contribution in [1.82, 2.24) is 9.97 Å². The third-order valence-electron chi connectivity index (χ3n) is 3.54. The standard InChI is InChI=1S/C14H24N4O/c1-10-13(15-3)17-11(2)18-14(10)16-8-9-19-12-6-4-5-7-12/h12H,4-9H2,1-3H3,(H2,15,16,17,18). The number of aromatic nitrogens is 2. The van der Waals surface area contributed by atoms with Crippen LogP contribution in [0.3, 0.4) is 0 Å². The van der Waals surface area contributed by atoms with Gasteiger partial charge in [0.1, 0.15) is 17.5 Å². The molecule has 2 rings (SSSR count). The van der Waals surface area contributed by atoms with Gasteiger partial charge in [0, 0.05) is 19.2 Å².